The van der Waals surface area contributed by atoms with Gasteiger partial charge in [-0.05, 0) is 51.7 Å². The maximum atomic E-state index is 13.6. The first-order valence-electron chi connectivity index (χ1n) is 11.9. The zero-order chi connectivity index (χ0) is 25.3. The number of rotatable bonds is 9. The second kappa shape index (κ2) is 12.6. The minimum Gasteiger partial charge on any atom is -0.444 e. The Morgan fingerprint density at radius 1 is 1.21 bits per heavy atom. The molecule has 1 saturated carbocycles. The summed E-state index contributed by atoms with van der Waals surface area (Å²) < 4.78 is 5.24. The van der Waals surface area contributed by atoms with E-state index in [1.54, 1.807) is 20.8 Å². The predicted octanol–water partition coefficient (Wildman–Crippen LogP) is 3.39. The molecular weight excluding hydrogens is 434 g/mol. The number of carbonyl (C=O) groups excluding carboxylic acids is 3. The Bertz CT molecular complexity index is 858. The van der Waals surface area contributed by atoms with E-state index >= 15 is 0 Å². The Morgan fingerprint density at radius 3 is 2.41 bits per heavy atom. The van der Waals surface area contributed by atoms with Gasteiger partial charge in [0, 0.05) is 12.6 Å². The molecule has 0 radical (unpaired) electrons. The third-order valence-electron chi connectivity index (χ3n) is 5.78. The first kappa shape index (κ1) is 27.4. The molecule has 1 fully saturated rings. The van der Waals surface area contributed by atoms with E-state index in [2.05, 4.69) is 17.2 Å². The lowest BCUT2D eigenvalue weighted by atomic mass is 9.93. The molecule has 2 unspecified atom stereocenters. The zero-order valence-electron chi connectivity index (χ0n) is 20.8. The zero-order valence-corrected chi connectivity index (χ0v) is 20.8. The number of alkyl carbamates (subject to hydrolysis) is 1. The van der Waals surface area contributed by atoms with Gasteiger partial charge >= 0.3 is 6.09 Å². The van der Waals surface area contributed by atoms with Gasteiger partial charge in [-0.2, -0.15) is 0 Å². The quantitative estimate of drug-likeness (QED) is 0.477. The lowest BCUT2D eigenvalue weighted by Crippen LogP contribution is -2.55. The molecule has 8 nitrogen and oxygen atoms in total. The number of carbonyl (C=O) groups is 3. The van der Waals surface area contributed by atoms with E-state index in [0.717, 1.165) is 37.7 Å². The topological polar surface area (TPSA) is 108 Å². The van der Waals surface area contributed by atoms with Crippen LogP contribution in [0, 0.1) is 6.92 Å². The van der Waals surface area contributed by atoms with E-state index in [4.69, 9.17) is 4.74 Å². The Labute approximate surface area is 202 Å². The number of nitrogens with one attached hydrogen (secondary N) is 2. The third kappa shape index (κ3) is 7.87. The summed E-state index contributed by atoms with van der Waals surface area (Å²) in [5.74, 6) is -0.884. The van der Waals surface area contributed by atoms with Crippen molar-refractivity contribution >= 4 is 17.9 Å². The van der Waals surface area contributed by atoms with Gasteiger partial charge in [0.1, 0.15) is 17.7 Å². The normalized spacial score (nSPS) is 16.1. The number of benzene rings is 1. The smallest absolute Gasteiger partial charge is 0.408 e. The van der Waals surface area contributed by atoms with E-state index in [1.165, 1.54) is 11.0 Å². The molecule has 0 heterocycles. The molecule has 1 aliphatic rings. The van der Waals surface area contributed by atoms with Crippen LogP contribution in [0.3, 0.4) is 0 Å². The number of hydrogen-bond donors (Lipinski definition) is 3. The van der Waals surface area contributed by atoms with Gasteiger partial charge in [0.2, 0.25) is 11.8 Å². The van der Waals surface area contributed by atoms with Crippen LogP contribution in [0.25, 0.3) is 0 Å². The van der Waals surface area contributed by atoms with Crippen molar-refractivity contribution < 1.29 is 24.2 Å². The highest BCUT2D eigenvalue weighted by Crippen LogP contribution is 2.27. The molecule has 0 aromatic heterocycles. The van der Waals surface area contributed by atoms with Crippen LogP contribution in [0.2, 0.25) is 0 Å². The van der Waals surface area contributed by atoms with E-state index in [-0.39, 0.29) is 18.5 Å². The van der Waals surface area contributed by atoms with Crippen molar-refractivity contribution in [2.45, 2.75) is 83.5 Å². The molecule has 3 N–H and O–H groups in total. The largest absolute Gasteiger partial charge is 0.444 e. The van der Waals surface area contributed by atoms with Crippen LogP contribution in [-0.2, 0) is 14.3 Å². The van der Waals surface area contributed by atoms with Crippen molar-refractivity contribution in [2.24, 2.45) is 0 Å². The van der Waals surface area contributed by atoms with Crippen molar-refractivity contribution in [3.8, 4) is 0 Å². The minimum atomic E-state index is -1.27. The molecule has 34 heavy (non-hydrogen) atoms. The number of amides is 3. The lowest BCUT2D eigenvalue weighted by molar-refractivity contribution is -0.143. The molecule has 1 aromatic rings. The molecule has 2 atom stereocenters. The number of nitrogens with zero attached hydrogens (tertiary/aromatic N) is 1. The van der Waals surface area contributed by atoms with E-state index < -0.39 is 36.3 Å². The fraction of sp³-hybridized carbons (Fsp3) is 0.577. The summed E-state index contributed by atoms with van der Waals surface area (Å²) in [6.07, 6.45) is 5.78. The molecule has 2 rings (SSSR count). The van der Waals surface area contributed by atoms with Gasteiger partial charge in [0.15, 0.2) is 0 Å². The number of ether oxygens (including phenoxy) is 1. The van der Waals surface area contributed by atoms with Crippen molar-refractivity contribution in [3.63, 3.8) is 0 Å². The van der Waals surface area contributed by atoms with Gasteiger partial charge in [0.25, 0.3) is 0 Å². The van der Waals surface area contributed by atoms with Crippen molar-refractivity contribution in [1.82, 2.24) is 15.5 Å². The van der Waals surface area contributed by atoms with Crippen LogP contribution in [0.1, 0.15) is 70.0 Å². The predicted molar refractivity (Wildman–Crippen MR) is 131 cm³/mol. The SMILES string of the molecule is C=CCN(C(=O)C(CO)NC(=O)OC(C)(C)C)C(C(=O)NC1CCCCC1)c1ccccc1C. The number of hydrogen-bond acceptors (Lipinski definition) is 5. The van der Waals surface area contributed by atoms with Gasteiger partial charge in [-0.25, -0.2) is 4.79 Å². The van der Waals surface area contributed by atoms with Crippen LogP contribution in [0.15, 0.2) is 36.9 Å². The molecule has 3 amide bonds. The first-order chi connectivity index (χ1) is 16.1. The fourth-order valence-electron chi connectivity index (χ4n) is 4.17. The Balaban J connectivity index is 2.37. The molecule has 0 aliphatic heterocycles. The van der Waals surface area contributed by atoms with Gasteiger partial charge in [-0.15, -0.1) is 6.58 Å². The van der Waals surface area contributed by atoms with Crippen molar-refractivity contribution in [2.75, 3.05) is 13.2 Å². The Kier molecular flexibility index (Phi) is 10.1. The highest BCUT2D eigenvalue weighted by Gasteiger charge is 2.36. The molecule has 1 aromatic carbocycles. The molecule has 188 valence electrons. The summed E-state index contributed by atoms with van der Waals surface area (Å²) in [4.78, 5) is 40.8. The maximum absolute atomic E-state index is 13.6. The summed E-state index contributed by atoms with van der Waals surface area (Å²) in [6.45, 7) is 10.2. The standard InChI is InChI=1S/C26H39N3O5/c1-6-16-29(24(32)21(17-30)28-25(33)34-26(3,4)5)22(20-15-11-10-12-18(20)2)23(31)27-19-13-8-7-9-14-19/h6,10-12,15,19,21-22,30H,1,7-9,13-14,16-17H2,2-5H3,(H,27,31)(H,28,33). The first-order valence-corrected chi connectivity index (χ1v) is 11.9. The molecule has 8 heteroatoms. The molecular formula is C26H39N3O5. The second-order valence-electron chi connectivity index (χ2n) is 9.76. The maximum Gasteiger partial charge on any atom is 0.408 e. The van der Waals surface area contributed by atoms with Crippen LogP contribution >= 0.6 is 0 Å². The van der Waals surface area contributed by atoms with Gasteiger partial charge in [-0.1, -0.05) is 49.6 Å². The summed E-state index contributed by atoms with van der Waals surface area (Å²) in [6, 6.07) is 5.24. The van der Waals surface area contributed by atoms with E-state index in [0.29, 0.717) is 5.56 Å². The van der Waals surface area contributed by atoms with Crippen molar-refractivity contribution in [1.29, 1.82) is 0 Å². The van der Waals surface area contributed by atoms with Crippen LogP contribution in [-0.4, -0.2) is 58.8 Å². The second-order valence-corrected chi connectivity index (χ2v) is 9.76. The average molecular weight is 474 g/mol. The van der Waals surface area contributed by atoms with E-state index in [9.17, 15) is 19.5 Å². The molecule has 0 saturated heterocycles. The Hall–Kier alpha value is -2.87. The molecule has 0 bridgehead atoms. The molecule has 0 spiro atoms. The lowest BCUT2D eigenvalue weighted by Gasteiger charge is -2.35. The monoisotopic (exact) mass is 473 g/mol. The van der Waals surface area contributed by atoms with E-state index in [1.807, 2.05) is 31.2 Å². The van der Waals surface area contributed by atoms with Gasteiger partial charge in [-0.3, -0.25) is 9.59 Å². The number of aryl methyl sites for hydroxylation is 1. The summed E-state index contributed by atoms with van der Waals surface area (Å²) in [5, 5.41) is 15.5. The highest BCUT2D eigenvalue weighted by atomic mass is 16.6. The van der Waals surface area contributed by atoms with Crippen molar-refractivity contribution in [3.05, 3.63) is 48.0 Å². The Morgan fingerprint density at radius 2 is 1.85 bits per heavy atom. The molecule has 1 aliphatic carbocycles. The third-order valence-corrected chi connectivity index (χ3v) is 5.78. The fourth-order valence-corrected chi connectivity index (χ4v) is 4.17. The van der Waals surface area contributed by atoms with Gasteiger partial charge < -0.3 is 25.4 Å². The summed E-state index contributed by atoms with van der Waals surface area (Å²) in [5.41, 5.74) is 0.770. The average Bonchev–Trinajstić information content (AvgIpc) is 2.77. The van der Waals surface area contributed by atoms with Gasteiger partial charge in [0.05, 0.1) is 6.61 Å². The van der Waals surface area contributed by atoms with Crippen LogP contribution in [0.5, 0.6) is 0 Å². The van der Waals surface area contributed by atoms with Crippen LogP contribution in [0.4, 0.5) is 4.79 Å². The highest BCUT2D eigenvalue weighted by molar-refractivity contribution is 5.92. The summed E-state index contributed by atoms with van der Waals surface area (Å²) >= 11 is 0. The number of aliphatic hydroxyl groups is 1. The number of aliphatic hydroxyl groups excluding tert-OH is 1. The minimum absolute atomic E-state index is 0.0574. The summed E-state index contributed by atoms with van der Waals surface area (Å²) in [7, 11) is 0. The van der Waals surface area contributed by atoms with Crippen LogP contribution < -0.4 is 10.6 Å².